The predicted octanol–water partition coefficient (Wildman–Crippen LogP) is 3.39. The molecule has 0 aromatic heterocycles. The molecule has 1 aliphatic rings. The Morgan fingerprint density at radius 1 is 1.03 bits per heavy atom. The lowest BCUT2D eigenvalue weighted by atomic mass is 10.0. The number of anilines is 1. The van der Waals surface area contributed by atoms with Crippen LogP contribution in [0.4, 0.5) is 10.5 Å². The first-order valence-electron chi connectivity index (χ1n) is 11.3. The van der Waals surface area contributed by atoms with Gasteiger partial charge < -0.3 is 25.6 Å². The van der Waals surface area contributed by atoms with E-state index in [0.29, 0.717) is 17.0 Å². The molecule has 8 heteroatoms. The molecule has 2 aromatic rings. The number of para-hydroxylation sites is 1. The summed E-state index contributed by atoms with van der Waals surface area (Å²) in [5.41, 5.74) is 1.91. The van der Waals surface area contributed by atoms with Gasteiger partial charge in [-0.25, -0.2) is 4.79 Å². The quantitative estimate of drug-likeness (QED) is 0.572. The molecule has 33 heavy (non-hydrogen) atoms. The lowest BCUT2D eigenvalue weighted by Crippen LogP contribution is -2.49. The van der Waals surface area contributed by atoms with E-state index in [9.17, 15) is 14.4 Å². The van der Waals surface area contributed by atoms with Gasteiger partial charge in [0.2, 0.25) is 5.91 Å². The highest BCUT2D eigenvalue weighted by molar-refractivity contribution is 5.99. The SMILES string of the molecule is COc1ccccc1C(=O)NC(C(=O)NCc1cccc(NC(=O)N2CCCC2)c1)C(C)C. The molecule has 2 aromatic carbocycles. The molecule has 3 N–H and O–H groups in total. The van der Waals surface area contributed by atoms with Crippen molar-refractivity contribution in [2.75, 3.05) is 25.5 Å². The lowest BCUT2D eigenvalue weighted by Gasteiger charge is -2.22. The Hall–Kier alpha value is -3.55. The molecule has 3 rings (SSSR count). The Kier molecular flexibility index (Phi) is 8.29. The van der Waals surface area contributed by atoms with Gasteiger partial charge in [0.1, 0.15) is 11.8 Å². The zero-order chi connectivity index (χ0) is 23.8. The van der Waals surface area contributed by atoms with E-state index in [-0.39, 0.29) is 30.3 Å². The average molecular weight is 453 g/mol. The first-order valence-corrected chi connectivity index (χ1v) is 11.3. The number of rotatable bonds is 8. The number of carbonyl (C=O) groups excluding carboxylic acids is 3. The van der Waals surface area contributed by atoms with Crippen LogP contribution in [0.2, 0.25) is 0 Å². The molecule has 1 fully saturated rings. The Morgan fingerprint density at radius 3 is 2.45 bits per heavy atom. The lowest BCUT2D eigenvalue weighted by molar-refractivity contribution is -0.124. The molecular weight excluding hydrogens is 420 g/mol. The van der Waals surface area contributed by atoms with Crippen molar-refractivity contribution in [1.29, 1.82) is 0 Å². The molecular formula is C25H32N4O4. The number of likely N-dealkylation sites (tertiary alicyclic amines) is 1. The Balaban J connectivity index is 1.59. The predicted molar refractivity (Wildman–Crippen MR) is 127 cm³/mol. The fourth-order valence-corrected chi connectivity index (χ4v) is 3.77. The van der Waals surface area contributed by atoms with E-state index in [1.807, 2.05) is 38.1 Å². The topological polar surface area (TPSA) is 99.8 Å². The van der Waals surface area contributed by atoms with Crippen molar-refractivity contribution in [3.63, 3.8) is 0 Å². The van der Waals surface area contributed by atoms with E-state index in [0.717, 1.165) is 31.5 Å². The summed E-state index contributed by atoms with van der Waals surface area (Å²) in [4.78, 5) is 39.8. The van der Waals surface area contributed by atoms with E-state index in [2.05, 4.69) is 16.0 Å². The maximum Gasteiger partial charge on any atom is 0.321 e. The van der Waals surface area contributed by atoms with Gasteiger partial charge in [0.25, 0.3) is 5.91 Å². The van der Waals surface area contributed by atoms with Crippen LogP contribution in [0, 0.1) is 5.92 Å². The van der Waals surface area contributed by atoms with Crippen LogP contribution in [-0.2, 0) is 11.3 Å². The standard InChI is InChI=1S/C25H32N4O4/c1-17(2)22(28-23(30)20-11-4-5-12-21(20)33-3)24(31)26-16-18-9-8-10-19(15-18)27-25(32)29-13-6-7-14-29/h4-5,8-12,15,17,22H,6-7,13-14,16H2,1-3H3,(H,26,31)(H,27,32)(H,28,30). The minimum atomic E-state index is -0.708. The first kappa shape index (κ1) is 24.1. The van der Waals surface area contributed by atoms with Crippen LogP contribution < -0.4 is 20.7 Å². The number of carbonyl (C=O) groups is 3. The molecule has 1 heterocycles. The summed E-state index contributed by atoms with van der Waals surface area (Å²) in [6.07, 6.45) is 2.06. The zero-order valence-corrected chi connectivity index (χ0v) is 19.4. The highest BCUT2D eigenvalue weighted by Crippen LogP contribution is 2.18. The summed E-state index contributed by atoms with van der Waals surface area (Å²) in [6.45, 7) is 5.58. The molecule has 1 aliphatic heterocycles. The molecule has 1 unspecified atom stereocenters. The van der Waals surface area contributed by atoms with Gasteiger partial charge in [-0.1, -0.05) is 38.1 Å². The van der Waals surface area contributed by atoms with Gasteiger partial charge in [0.15, 0.2) is 0 Å². The van der Waals surface area contributed by atoms with Gasteiger partial charge in [0, 0.05) is 25.3 Å². The van der Waals surface area contributed by atoms with E-state index >= 15 is 0 Å². The van der Waals surface area contributed by atoms with Crippen molar-refractivity contribution in [1.82, 2.24) is 15.5 Å². The average Bonchev–Trinajstić information content (AvgIpc) is 3.36. The van der Waals surface area contributed by atoms with Crippen LogP contribution >= 0.6 is 0 Å². The van der Waals surface area contributed by atoms with Crippen LogP contribution in [0.3, 0.4) is 0 Å². The van der Waals surface area contributed by atoms with Crippen LogP contribution in [0.1, 0.15) is 42.6 Å². The second-order valence-electron chi connectivity index (χ2n) is 8.44. The third kappa shape index (κ3) is 6.47. The molecule has 1 atom stereocenters. The minimum absolute atomic E-state index is 0.104. The molecule has 0 spiro atoms. The largest absolute Gasteiger partial charge is 0.496 e. The number of amides is 4. The maximum absolute atomic E-state index is 12.9. The van der Waals surface area contributed by atoms with Crippen LogP contribution in [-0.4, -0.2) is 49.0 Å². The second-order valence-corrected chi connectivity index (χ2v) is 8.44. The molecule has 1 saturated heterocycles. The summed E-state index contributed by atoms with van der Waals surface area (Å²) in [6, 6.07) is 13.5. The first-order chi connectivity index (χ1) is 15.9. The van der Waals surface area contributed by atoms with Crippen molar-refractivity contribution in [3.8, 4) is 5.75 Å². The summed E-state index contributed by atoms with van der Waals surface area (Å²) in [7, 11) is 1.50. The molecule has 0 aliphatic carbocycles. The molecule has 176 valence electrons. The summed E-state index contributed by atoms with van der Waals surface area (Å²) in [5, 5.41) is 8.63. The summed E-state index contributed by atoms with van der Waals surface area (Å²) < 4.78 is 5.25. The zero-order valence-electron chi connectivity index (χ0n) is 19.4. The van der Waals surface area contributed by atoms with Crippen molar-refractivity contribution < 1.29 is 19.1 Å². The van der Waals surface area contributed by atoms with Crippen LogP contribution in [0.25, 0.3) is 0 Å². The van der Waals surface area contributed by atoms with E-state index < -0.39 is 6.04 Å². The Bertz CT molecular complexity index is 986. The normalized spacial score (nSPS) is 14.0. The smallest absolute Gasteiger partial charge is 0.321 e. The van der Waals surface area contributed by atoms with Gasteiger partial charge in [-0.3, -0.25) is 9.59 Å². The van der Waals surface area contributed by atoms with E-state index in [1.54, 1.807) is 29.2 Å². The molecule has 0 radical (unpaired) electrons. The van der Waals surface area contributed by atoms with Gasteiger partial charge in [-0.15, -0.1) is 0 Å². The van der Waals surface area contributed by atoms with Gasteiger partial charge in [0.05, 0.1) is 12.7 Å². The molecule has 8 nitrogen and oxygen atoms in total. The number of ether oxygens (including phenoxy) is 1. The van der Waals surface area contributed by atoms with Gasteiger partial charge in [-0.2, -0.15) is 0 Å². The molecule has 0 bridgehead atoms. The number of nitrogens with one attached hydrogen (secondary N) is 3. The second kappa shape index (κ2) is 11.4. The Labute approximate surface area is 194 Å². The summed E-state index contributed by atoms with van der Waals surface area (Å²) in [5.74, 6) is -0.312. The summed E-state index contributed by atoms with van der Waals surface area (Å²) >= 11 is 0. The monoisotopic (exact) mass is 452 g/mol. The highest BCUT2D eigenvalue weighted by Gasteiger charge is 2.25. The third-order valence-electron chi connectivity index (χ3n) is 5.63. The van der Waals surface area contributed by atoms with Crippen LogP contribution in [0.15, 0.2) is 48.5 Å². The van der Waals surface area contributed by atoms with Crippen molar-refractivity contribution in [3.05, 3.63) is 59.7 Å². The molecule has 0 saturated carbocycles. The van der Waals surface area contributed by atoms with Gasteiger partial charge >= 0.3 is 6.03 Å². The number of benzene rings is 2. The number of nitrogens with zero attached hydrogens (tertiary/aromatic N) is 1. The van der Waals surface area contributed by atoms with E-state index in [4.69, 9.17) is 4.74 Å². The number of methoxy groups -OCH3 is 1. The van der Waals surface area contributed by atoms with Crippen LogP contribution in [0.5, 0.6) is 5.75 Å². The van der Waals surface area contributed by atoms with Crippen molar-refractivity contribution in [2.45, 2.75) is 39.3 Å². The minimum Gasteiger partial charge on any atom is -0.496 e. The van der Waals surface area contributed by atoms with Gasteiger partial charge in [-0.05, 0) is 48.6 Å². The van der Waals surface area contributed by atoms with Crippen molar-refractivity contribution in [2.24, 2.45) is 5.92 Å². The third-order valence-corrected chi connectivity index (χ3v) is 5.63. The number of hydrogen-bond donors (Lipinski definition) is 3. The number of hydrogen-bond acceptors (Lipinski definition) is 4. The molecule has 4 amide bonds. The van der Waals surface area contributed by atoms with E-state index in [1.165, 1.54) is 7.11 Å². The van der Waals surface area contributed by atoms with Crippen molar-refractivity contribution >= 4 is 23.5 Å². The maximum atomic E-state index is 12.9. The Morgan fingerprint density at radius 2 is 1.76 bits per heavy atom. The fourth-order valence-electron chi connectivity index (χ4n) is 3.77. The highest BCUT2D eigenvalue weighted by atomic mass is 16.5. The number of urea groups is 1. The fraction of sp³-hybridized carbons (Fsp3) is 0.400.